The molecule has 1 amide bonds. The maximum absolute atomic E-state index is 11.8. The fraction of sp³-hybridized carbons (Fsp3) is 0.231. The summed E-state index contributed by atoms with van der Waals surface area (Å²) in [6.07, 6.45) is 4.29. The summed E-state index contributed by atoms with van der Waals surface area (Å²) in [6.45, 7) is 0.175. The molecular weight excluding hydrogens is 230 g/mol. The summed E-state index contributed by atoms with van der Waals surface area (Å²) in [5.74, 6) is -0.199. The van der Waals surface area contributed by atoms with Crippen LogP contribution in [0.4, 0.5) is 0 Å². The Morgan fingerprint density at radius 1 is 1.44 bits per heavy atom. The molecule has 0 spiro atoms. The molecule has 0 saturated heterocycles. The zero-order chi connectivity index (χ0) is 13.0. The average Bonchev–Trinajstić information content (AvgIpc) is 2.83. The van der Waals surface area contributed by atoms with Gasteiger partial charge in [-0.05, 0) is 29.8 Å². The summed E-state index contributed by atoms with van der Waals surface area (Å²) in [5, 5.41) is 12.6. The van der Waals surface area contributed by atoms with Gasteiger partial charge in [0.1, 0.15) is 5.69 Å². The second-order valence-electron chi connectivity index (χ2n) is 4.01. The Bertz CT molecular complexity index is 522. The Morgan fingerprint density at radius 3 is 2.78 bits per heavy atom. The van der Waals surface area contributed by atoms with E-state index in [1.165, 1.54) is 0 Å². The van der Waals surface area contributed by atoms with Crippen molar-refractivity contribution in [3.63, 3.8) is 0 Å². The van der Waals surface area contributed by atoms with Crippen LogP contribution in [-0.4, -0.2) is 27.1 Å². The van der Waals surface area contributed by atoms with Crippen LogP contribution in [0.2, 0.25) is 0 Å². The maximum Gasteiger partial charge on any atom is 0.267 e. The predicted octanol–water partition coefficient (Wildman–Crippen LogP) is 0.883. The molecule has 1 atom stereocenters. The molecule has 5 heteroatoms. The molecule has 5 nitrogen and oxygen atoms in total. The van der Waals surface area contributed by atoms with E-state index < -0.39 is 6.10 Å². The van der Waals surface area contributed by atoms with Crippen LogP contribution >= 0.6 is 0 Å². The van der Waals surface area contributed by atoms with E-state index in [1.54, 1.807) is 54.5 Å². The zero-order valence-corrected chi connectivity index (χ0v) is 10.1. The van der Waals surface area contributed by atoms with E-state index in [2.05, 4.69) is 10.3 Å². The molecule has 18 heavy (non-hydrogen) atoms. The lowest BCUT2D eigenvalue weighted by molar-refractivity contribution is 0.0908. The molecule has 2 aromatic rings. The minimum atomic E-state index is -0.725. The first-order chi connectivity index (χ1) is 8.68. The van der Waals surface area contributed by atoms with Gasteiger partial charge in [0.15, 0.2) is 0 Å². The highest BCUT2D eigenvalue weighted by atomic mass is 16.3. The smallest absolute Gasteiger partial charge is 0.267 e. The number of amides is 1. The Balaban J connectivity index is 1.93. The molecule has 0 aliphatic rings. The van der Waals surface area contributed by atoms with E-state index in [4.69, 9.17) is 0 Å². The molecule has 0 radical (unpaired) electrons. The van der Waals surface area contributed by atoms with Crippen LogP contribution in [0.25, 0.3) is 0 Å². The third-order valence-electron chi connectivity index (χ3n) is 2.72. The highest BCUT2D eigenvalue weighted by Gasteiger charge is 2.12. The van der Waals surface area contributed by atoms with Gasteiger partial charge in [0.2, 0.25) is 0 Å². The van der Waals surface area contributed by atoms with Crippen LogP contribution in [-0.2, 0) is 7.05 Å². The van der Waals surface area contributed by atoms with Crippen LogP contribution in [0.15, 0.2) is 42.9 Å². The molecule has 0 saturated carbocycles. The van der Waals surface area contributed by atoms with E-state index in [-0.39, 0.29) is 12.5 Å². The van der Waals surface area contributed by atoms with Gasteiger partial charge in [0.05, 0.1) is 6.10 Å². The minimum absolute atomic E-state index is 0.175. The van der Waals surface area contributed by atoms with Gasteiger partial charge in [-0.25, -0.2) is 0 Å². The SMILES string of the molecule is Cn1cccc1C(=O)NCC(O)c1ccncc1. The molecule has 2 N–H and O–H groups in total. The van der Waals surface area contributed by atoms with Crippen molar-refractivity contribution in [2.45, 2.75) is 6.10 Å². The van der Waals surface area contributed by atoms with Gasteiger partial charge < -0.3 is 15.0 Å². The first-order valence-corrected chi connectivity index (χ1v) is 5.66. The second-order valence-corrected chi connectivity index (χ2v) is 4.01. The summed E-state index contributed by atoms with van der Waals surface area (Å²) in [7, 11) is 1.80. The van der Waals surface area contributed by atoms with Crippen molar-refractivity contribution in [1.82, 2.24) is 14.9 Å². The molecule has 2 heterocycles. The van der Waals surface area contributed by atoms with Gasteiger partial charge in [-0.1, -0.05) is 0 Å². The van der Waals surface area contributed by atoms with Crippen molar-refractivity contribution in [2.24, 2.45) is 7.05 Å². The largest absolute Gasteiger partial charge is 0.387 e. The number of aliphatic hydroxyl groups is 1. The molecule has 0 aliphatic carbocycles. The second kappa shape index (κ2) is 5.46. The van der Waals surface area contributed by atoms with E-state index in [9.17, 15) is 9.90 Å². The first kappa shape index (κ1) is 12.3. The maximum atomic E-state index is 11.8. The van der Waals surface area contributed by atoms with E-state index in [0.717, 1.165) is 5.56 Å². The Hall–Kier alpha value is -2.14. The average molecular weight is 245 g/mol. The van der Waals surface area contributed by atoms with E-state index in [0.29, 0.717) is 5.69 Å². The van der Waals surface area contributed by atoms with Crippen molar-refractivity contribution < 1.29 is 9.90 Å². The number of hydrogen-bond acceptors (Lipinski definition) is 3. The van der Waals surface area contributed by atoms with Crippen LogP contribution in [0.1, 0.15) is 22.2 Å². The zero-order valence-electron chi connectivity index (χ0n) is 10.1. The third kappa shape index (κ3) is 2.75. The van der Waals surface area contributed by atoms with Crippen molar-refractivity contribution in [2.75, 3.05) is 6.54 Å². The molecular formula is C13H15N3O2. The lowest BCUT2D eigenvalue weighted by Gasteiger charge is -2.12. The number of pyridine rings is 1. The highest BCUT2D eigenvalue weighted by molar-refractivity contribution is 5.92. The molecule has 0 aromatic carbocycles. The predicted molar refractivity (Wildman–Crippen MR) is 66.9 cm³/mol. The number of aryl methyl sites for hydroxylation is 1. The van der Waals surface area contributed by atoms with Crippen LogP contribution < -0.4 is 5.32 Å². The summed E-state index contributed by atoms with van der Waals surface area (Å²) in [4.78, 5) is 15.7. The number of nitrogens with zero attached hydrogens (tertiary/aromatic N) is 2. The Labute approximate surface area is 105 Å². The van der Waals surface area contributed by atoms with E-state index in [1.807, 2.05) is 0 Å². The van der Waals surface area contributed by atoms with Crippen LogP contribution in [0, 0.1) is 0 Å². The van der Waals surface area contributed by atoms with Crippen molar-refractivity contribution in [1.29, 1.82) is 0 Å². The molecule has 0 aliphatic heterocycles. The molecule has 0 fully saturated rings. The normalized spacial score (nSPS) is 12.1. The number of nitrogens with one attached hydrogen (secondary N) is 1. The number of carbonyl (C=O) groups is 1. The minimum Gasteiger partial charge on any atom is -0.387 e. The van der Waals surface area contributed by atoms with Gasteiger partial charge in [-0.2, -0.15) is 0 Å². The van der Waals surface area contributed by atoms with Gasteiger partial charge in [-0.15, -0.1) is 0 Å². The lowest BCUT2D eigenvalue weighted by Crippen LogP contribution is -2.29. The van der Waals surface area contributed by atoms with Crippen molar-refractivity contribution in [3.8, 4) is 0 Å². The summed E-state index contributed by atoms with van der Waals surface area (Å²) in [5.41, 5.74) is 1.30. The third-order valence-corrected chi connectivity index (χ3v) is 2.72. The molecule has 2 aromatic heterocycles. The van der Waals surface area contributed by atoms with Crippen LogP contribution in [0.5, 0.6) is 0 Å². The molecule has 2 rings (SSSR count). The van der Waals surface area contributed by atoms with Gasteiger partial charge in [0.25, 0.3) is 5.91 Å². The Morgan fingerprint density at radius 2 is 2.17 bits per heavy atom. The summed E-state index contributed by atoms with van der Waals surface area (Å²) in [6, 6.07) is 6.97. The first-order valence-electron chi connectivity index (χ1n) is 5.66. The number of carbonyl (C=O) groups excluding carboxylic acids is 1. The van der Waals surface area contributed by atoms with E-state index >= 15 is 0 Å². The van der Waals surface area contributed by atoms with Crippen LogP contribution in [0.3, 0.4) is 0 Å². The Kier molecular flexibility index (Phi) is 3.74. The van der Waals surface area contributed by atoms with Gasteiger partial charge >= 0.3 is 0 Å². The quantitative estimate of drug-likeness (QED) is 0.840. The van der Waals surface area contributed by atoms with Gasteiger partial charge in [-0.3, -0.25) is 9.78 Å². The summed E-state index contributed by atoms with van der Waals surface area (Å²) < 4.78 is 1.73. The number of rotatable bonds is 4. The van der Waals surface area contributed by atoms with Crippen molar-refractivity contribution >= 4 is 5.91 Å². The van der Waals surface area contributed by atoms with Crippen molar-refractivity contribution in [3.05, 3.63) is 54.1 Å². The molecule has 0 bridgehead atoms. The lowest BCUT2D eigenvalue weighted by atomic mass is 10.1. The molecule has 94 valence electrons. The highest BCUT2D eigenvalue weighted by Crippen LogP contribution is 2.10. The number of aromatic nitrogens is 2. The molecule has 1 unspecified atom stereocenters. The topological polar surface area (TPSA) is 67.2 Å². The standard InChI is InChI=1S/C13H15N3O2/c1-16-8-2-3-11(16)13(18)15-9-12(17)10-4-6-14-7-5-10/h2-8,12,17H,9H2,1H3,(H,15,18). The fourth-order valence-corrected chi connectivity index (χ4v) is 1.68. The van der Waals surface area contributed by atoms with Gasteiger partial charge in [0, 0.05) is 32.2 Å². The monoisotopic (exact) mass is 245 g/mol. The summed E-state index contributed by atoms with van der Waals surface area (Å²) >= 11 is 0. The number of aliphatic hydroxyl groups excluding tert-OH is 1. The fourth-order valence-electron chi connectivity index (χ4n) is 1.68. The number of hydrogen-bond donors (Lipinski definition) is 2.